The van der Waals surface area contributed by atoms with Gasteiger partial charge in [-0.1, -0.05) is 373 Å². The highest BCUT2D eigenvalue weighted by atomic mass is 35.5. The molecule has 128 heavy (non-hydrogen) atoms. The van der Waals surface area contributed by atoms with Crippen LogP contribution in [0.2, 0.25) is 0 Å². The molecule has 4 aromatic rings. The SMILES string of the molecule is C=CC(=O)Cl.C=CC(=O)OCC.C=CC(=O)OCC.C=CC(=O)OCC1CCCC(C)CC(C)CCC(C)C1.C=CC(=O)OCC1CCCC(OC)CCC(C)CCC(OC)C1.CC.CC.CC.CC.CC1CCCCC(C)CC(C)C1.CCN(C)CC.COC1CCCCC(OC)CC(C)C1.Cc1ccccc1.Cc1ccccc1.c1ccccc1.c1ccccc1. The fourth-order valence-corrected chi connectivity index (χ4v) is 14.4. The number of rotatable bonds is 17. The van der Waals surface area contributed by atoms with Crippen LogP contribution in [-0.2, 0) is 61.9 Å². The van der Waals surface area contributed by atoms with Crippen molar-refractivity contribution in [3.8, 4) is 0 Å². The van der Waals surface area contributed by atoms with Gasteiger partial charge in [0, 0.05) is 52.7 Å². The van der Waals surface area contributed by atoms with Crippen LogP contribution in [0.4, 0.5) is 0 Å². The van der Waals surface area contributed by atoms with Gasteiger partial charge in [-0.25, -0.2) is 19.2 Å². The van der Waals surface area contributed by atoms with E-state index in [1.807, 2.05) is 186 Å². The summed E-state index contributed by atoms with van der Waals surface area (Å²) in [6.45, 7) is 67.6. The van der Waals surface area contributed by atoms with Gasteiger partial charge in [0.15, 0.2) is 0 Å². The summed E-state index contributed by atoms with van der Waals surface area (Å²) in [5.74, 6) is 6.28. The zero-order valence-corrected chi connectivity index (χ0v) is 87.9. The van der Waals surface area contributed by atoms with Crippen molar-refractivity contribution in [2.45, 2.75) is 350 Å². The van der Waals surface area contributed by atoms with Crippen LogP contribution in [0.5, 0.6) is 0 Å². The molecular weight excluding hydrogens is 1610 g/mol. The molecule has 4 aromatic carbocycles. The molecule has 0 aromatic heterocycles. The maximum absolute atomic E-state index is 11.3. The maximum Gasteiger partial charge on any atom is 0.330 e. The number of carbonyl (C=O) groups is 5. The smallest absolute Gasteiger partial charge is 0.330 e. The minimum atomic E-state index is -0.509. The molecular formula is C113H198ClNO13. The predicted octanol–water partition coefficient (Wildman–Crippen LogP) is 31.2. The van der Waals surface area contributed by atoms with E-state index in [0.717, 1.165) is 111 Å². The van der Waals surface area contributed by atoms with E-state index in [-0.39, 0.29) is 30.0 Å². The van der Waals surface area contributed by atoms with E-state index in [1.165, 1.54) is 158 Å². The Hall–Kier alpha value is -6.78. The van der Waals surface area contributed by atoms with Gasteiger partial charge in [0.1, 0.15) is 0 Å². The van der Waals surface area contributed by atoms with Gasteiger partial charge in [-0.2, -0.15) is 0 Å². The van der Waals surface area contributed by atoms with Gasteiger partial charge in [-0.05, 0) is 227 Å². The first kappa shape index (κ1) is 137. The van der Waals surface area contributed by atoms with Crippen molar-refractivity contribution in [2.75, 3.05) is 75.0 Å². The Labute approximate surface area is 794 Å². The topological polar surface area (TPSA) is 162 Å². The highest BCUT2D eigenvalue weighted by Gasteiger charge is 2.24. The predicted molar refractivity (Wildman–Crippen MR) is 555 cm³/mol. The number of halogens is 1. The summed E-state index contributed by atoms with van der Waals surface area (Å²) >= 11 is 4.71. The van der Waals surface area contributed by atoms with Crippen molar-refractivity contribution in [1.29, 1.82) is 0 Å². The van der Waals surface area contributed by atoms with E-state index < -0.39 is 5.24 Å². The number of nitrogens with zero attached hydrogens (tertiary/aromatic N) is 1. The number of esters is 4. The molecule has 4 fully saturated rings. The lowest BCUT2D eigenvalue weighted by Gasteiger charge is -2.26. The monoisotopic (exact) mass is 1810 g/mol. The Morgan fingerprint density at radius 2 is 0.555 bits per heavy atom. The average Bonchev–Trinajstić information content (AvgIpc) is 0.938. The highest BCUT2D eigenvalue weighted by molar-refractivity contribution is 6.66. The summed E-state index contributed by atoms with van der Waals surface area (Å²) in [7, 11) is 9.38. The largest absolute Gasteiger partial charge is 0.463 e. The van der Waals surface area contributed by atoms with Crippen LogP contribution in [0, 0.1) is 73.0 Å². The Kier molecular flexibility index (Phi) is 113. The summed E-state index contributed by atoms with van der Waals surface area (Å²) in [5, 5.41) is -0.509. The summed E-state index contributed by atoms with van der Waals surface area (Å²) < 4.78 is 41.7. The third-order valence-electron chi connectivity index (χ3n) is 21.5. The number of hydrogen-bond donors (Lipinski definition) is 0. The van der Waals surface area contributed by atoms with Crippen LogP contribution in [0.15, 0.2) is 197 Å². The second-order valence-electron chi connectivity index (χ2n) is 33.0. The van der Waals surface area contributed by atoms with Crippen LogP contribution in [0.1, 0.15) is 323 Å². The normalized spacial score (nSPS) is 21.8. The first-order valence-electron chi connectivity index (χ1n) is 49.3. The lowest BCUT2D eigenvalue weighted by molar-refractivity contribution is -0.140. The molecule has 4 saturated carbocycles. The fourth-order valence-electron chi connectivity index (χ4n) is 14.4. The zero-order valence-electron chi connectivity index (χ0n) is 87.2. The molecule has 8 rings (SSSR count). The van der Waals surface area contributed by atoms with Crippen LogP contribution < -0.4 is 0 Å². The highest BCUT2D eigenvalue weighted by Crippen LogP contribution is 2.32. The van der Waals surface area contributed by atoms with E-state index in [0.29, 0.717) is 62.5 Å². The molecule has 12 atom stereocenters. The first-order valence-corrected chi connectivity index (χ1v) is 49.7. The lowest BCUT2D eigenvalue weighted by atomic mass is 9.88. The van der Waals surface area contributed by atoms with Crippen molar-refractivity contribution < 1.29 is 61.9 Å². The van der Waals surface area contributed by atoms with Gasteiger partial charge in [-0.3, -0.25) is 4.79 Å². The molecule has 0 radical (unpaired) electrons. The number of carbonyl (C=O) groups excluding carboxylic acids is 5. The van der Waals surface area contributed by atoms with Crippen LogP contribution >= 0.6 is 11.6 Å². The van der Waals surface area contributed by atoms with E-state index in [1.54, 1.807) is 21.0 Å². The Bertz CT molecular complexity index is 2820. The van der Waals surface area contributed by atoms with Crippen LogP contribution in [0.3, 0.4) is 0 Å². The van der Waals surface area contributed by atoms with Crippen molar-refractivity contribution in [3.63, 3.8) is 0 Å². The number of benzene rings is 4. The lowest BCUT2D eigenvalue weighted by Crippen LogP contribution is -2.23. The molecule has 4 aliphatic rings. The van der Waals surface area contributed by atoms with Crippen molar-refractivity contribution in [3.05, 3.63) is 208 Å². The quantitative estimate of drug-likeness (QED) is 0.0425. The standard InChI is InChI=1S/C19H34O4.C18H32O2.C12H24O2.C12H24.2C7H8.2C6H6.C5H13N.2C5H8O2.C3H3ClO.4C2H6/c1-5-19(20)23-14-16-7-6-8-17(21-3)11-9-15(2)10-12-18(13-16)22-4;1-5-18(19)20-13-17-8-6-7-14(2)11-15(3)9-10-16(4)12-17;1-10-8-11(13-2)6-4-5-7-12(9-10)14-3;1-10-6-4-5-7-11(2)9-12(3)8-10;2*1-7-5-3-2-4-6-7;2*1-2-4-6-5-3-1;1-4-6(3)5-2;2*1-3-5(6)7-4-2;1-2-3(4)5;4*1-2/h5,15-18H,1,6-14H2,2-4H3;5,14-17H,1,6-13H2,2-4H3;10-12H,4-9H2,1-3H3;10-12H,4-9H2,1-3H3;2*2-6H,1H3;2*1-6H;4-5H2,1-3H3;2*3H,1,4H2,2H3;2H,1H2;4*1-2H3. The molecule has 0 spiro atoms. The second kappa shape index (κ2) is 106. The molecule has 12 unspecified atom stereocenters. The van der Waals surface area contributed by atoms with Gasteiger partial charge in [-0.15, -0.1) is 0 Å². The Morgan fingerprint density at radius 3 is 0.836 bits per heavy atom. The maximum atomic E-state index is 11.3. The number of ether oxygens (including phenoxy) is 8. The molecule has 4 aliphatic carbocycles. The van der Waals surface area contributed by atoms with E-state index in [9.17, 15) is 24.0 Å². The van der Waals surface area contributed by atoms with Gasteiger partial charge < -0.3 is 42.8 Å². The zero-order chi connectivity index (χ0) is 98.8. The third kappa shape index (κ3) is 101. The van der Waals surface area contributed by atoms with Gasteiger partial charge in [0.05, 0.1) is 50.8 Å². The molecule has 14 nitrogen and oxygen atoms in total. The molecule has 740 valence electrons. The summed E-state index contributed by atoms with van der Waals surface area (Å²) in [6, 6.07) is 44.5. The van der Waals surface area contributed by atoms with Gasteiger partial charge in [0.2, 0.25) is 5.24 Å². The minimum Gasteiger partial charge on any atom is -0.463 e. The summed E-state index contributed by atoms with van der Waals surface area (Å²) in [4.78, 5) is 54.4. The minimum absolute atomic E-state index is 0.252. The van der Waals surface area contributed by atoms with Crippen molar-refractivity contribution >= 4 is 40.7 Å². The fraction of sp³-hybridized carbons (Fsp3) is 0.655. The molecule has 0 bridgehead atoms. The summed E-state index contributed by atoms with van der Waals surface area (Å²) in [6.07, 6.45) is 41.3. The number of hydrogen-bond acceptors (Lipinski definition) is 14. The Balaban J connectivity index is -0.000000210. The molecule has 0 amide bonds. The second-order valence-corrected chi connectivity index (χ2v) is 33.4. The van der Waals surface area contributed by atoms with Crippen molar-refractivity contribution in [2.24, 2.45) is 59.2 Å². The van der Waals surface area contributed by atoms with Crippen molar-refractivity contribution in [1.82, 2.24) is 4.90 Å². The number of allylic oxidation sites excluding steroid dienone is 1. The number of methoxy groups -OCH3 is 4. The molecule has 0 N–H and O–H groups in total. The average molecular weight is 1810 g/mol. The van der Waals surface area contributed by atoms with E-state index >= 15 is 0 Å². The van der Waals surface area contributed by atoms with Gasteiger partial charge in [0.25, 0.3) is 0 Å². The van der Waals surface area contributed by atoms with E-state index in [2.05, 4.69) is 162 Å². The molecule has 0 heterocycles. The van der Waals surface area contributed by atoms with Crippen LogP contribution in [0.25, 0.3) is 0 Å². The third-order valence-corrected chi connectivity index (χ3v) is 21.7. The van der Waals surface area contributed by atoms with E-state index in [4.69, 9.17) is 40.0 Å². The molecule has 0 aliphatic heterocycles. The Morgan fingerprint density at radius 1 is 0.312 bits per heavy atom. The molecule has 0 saturated heterocycles. The summed E-state index contributed by atoms with van der Waals surface area (Å²) in [5.41, 5.74) is 2.64. The molecule has 15 heteroatoms. The van der Waals surface area contributed by atoms with Crippen LogP contribution in [-0.4, -0.2) is 133 Å². The first-order chi connectivity index (χ1) is 61.5. The number of aryl methyl sites for hydroxylation is 2. The van der Waals surface area contributed by atoms with Gasteiger partial charge >= 0.3 is 23.9 Å².